The number of carbonyl (C=O) groups is 2. The van der Waals surface area contributed by atoms with Crippen LogP contribution in [0.25, 0.3) is 0 Å². The summed E-state index contributed by atoms with van der Waals surface area (Å²) >= 11 is 1.85. The van der Waals surface area contributed by atoms with Crippen molar-refractivity contribution in [3.05, 3.63) is 0 Å². The second kappa shape index (κ2) is 8.30. The molecule has 6 heteroatoms. The maximum absolute atomic E-state index is 12.1. The molecule has 1 unspecified atom stereocenters. The Morgan fingerprint density at radius 1 is 1.42 bits per heavy atom. The van der Waals surface area contributed by atoms with Gasteiger partial charge in [0.1, 0.15) is 0 Å². The lowest BCUT2D eigenvalue weighted by molar-refractivity contribution is -0.137. The van der Waals surface area contributed by atoms with Gasteiger partial charge in [0.05, 0.1) is 6.42 Å². The summed E-state index contributed by atoms with van der Waals surface area (Å²) in [5.41, 5.74) is 0. The number of amides is 2. The first-order chi connectivity index (χ1) is 9.06. The third-order valence-electron chi connectivity index (χ3n) is 3.45. The van der Waals surface area contributed by atoms with Crippen LogP contribution >= 0.6 is 11.8 Å². The number of hydrogen-bond donors (Lipinski definition) is 2. The van der Waals surface area contributed by atoms with Gasteiger partial charge < -0.3 is 15.3 Å². The van der Waals surface area contributed by atoms with Crippen LogP contribution in [0.5, 0.6) is 0 Å². The Morgan fingerprint density at radius 3 is 2.53 bits per heavy atom. The fourth-order valence-corrected chi connectivity index (χ4v) is 3.03. The molecule has 0 aromatic rings. The van der Waals surface area contributed by atoms with Crippen LogP contribution in [-0.4, -0.2) is 52.6 Å². The number of aliphatic carboxylic acids is 1. The van der Waals surface area contributed by atoms with E-state index in [1.54, 1.807) is 4.90 Å². The summed E-state index contributed by atoms with van der Waals surface area (Å²) in [5.74, 6) is -0.861. The molecule has 0 radical (unpaired) electrons. The molecule has 1 atom stereocenters. The summed E-state index contributed by atoms with van der Waals surface area (Å²) in [5, 5.41) is 12.3. The molecule has 1 fully saturated rings. The molecule has 1 saturated heterocycles. The number of piperidine rings is 1. The Balaban J connectivity index is 2.41. The molecule has 0 aromatic carbocycles. The number of nitrogens with zero attached hydrogens (tertiary/aromatic N) is 1. The summed E-state index contributed by atoms with van der Waals surface area (Å²) in [6.07, 6.45) is 5.72. The van der Waals surface area contributed by atoms with E-state index in [9.17, 15) is 9.59 Å². The standard InChI is InChI=1S/C13H24N2O3S/c1-3-4-10(9-12(16)17)14-13(18)15-7-5-11(19-2)6-8-15/h10-11H,3-9H2,1-2H3,(H,14,18)(H,16,17). The summed E-state index contributed by atoms with van der Waals surface area (Å²) in [7, 11) is 0. The zero-order valence-corrected chi connectivity index (χ0v) is 12.5. The number of urea groups is 1. The molecule has 0 bridgehead atoms. The van der Waals surface area contributed by atoms with E-state index in [2.05, 4.69) is 11.6 Å². The molecule has 2 N–H and O–H groups in total. The van der Waals surface area contributed by atoms with Crippen molar-refractivity contribution in [1.82, 2.24) is 10.2 Å². The van der Waals surface area contributed by atoms with E-state index < -0.39 is 5.97 Å². The lowest BCUT2D eigenvalue weighted by Crippen LogP contribution is -2.48. The molecule has 2 amide bonds. The van der Waals surface area contributed by atoms with Crippen molar-refractivity contribution in [2.45, 2.75) is 50.3 Å². The number of carbonyl (C=O) groups excluding carboxylic acids is 1. The molecule has 1 aliphatic heterocycles. The van der Waals surface area contributed by atoms with E-state index in [0.29, 0.717) is 11.7 Å². The molecule has 0 aromatic heterocycles. The highest BCUT2D eigenvalue weighted by atomic mass is 32.2. The van der Waals surface area contributed by atoms with Gasteiger partial charge in [-0.3, -0.25) is 4.79 Å². The summed E-state index contributed by atoms with van der Waals surface area (Å²) < 4.78 is 0. The number of carboxylic acid groups (broad SMARTS) is 1. The molecule has 19 heavy (non-hydrogen) atoms. The minimum Gasteiger partial charge on any atom is -0.481 e. The predicted molar refractivity (Wildman–Crippen MR) is 77.6 cm³/mol. The van der Waals surface area contributed by atoms with Gasteiger partial charge in [-0.25, -0.2) is 4.79 Å². The van der Waals surface area contributed by atoms with Crippen LogP contribution in [0.15, 0.2) is 0 Å². The second-order valence-corrected chi connectivity index (χ2v) is 6.09. The van der Waals surface area contributed by atoms with Crippen molar-refractivity contribution in [2.24, 2.45) is 0 Å². The van der Waals surface area contributed by atoms with Crippen LogP contribution in [0.1, 0.15) is 39.0 Å². The first-order valence-electron chi connectivity index (χ1n) is 6.86. The van der Waals surface area contributed by atoms with E-state index in [-0.39, 0.29) is 18.5 Å². The fourth-order valence-electron chi connectivity index (χ4n) is 2.35. The average Bonchev–Trinajstić information content (AvgIpc) is 2.38. The monoisotopic (exact) mass is 288 g/mol. The number of thioether (sulfide) groups is 1. The van der Waals surface area contributed by atoms with Gasteiger partial charge in [-0.2, -0.15) is 11.8 Å². The topological polar surface area (TPSA) is 69.6 Å². The van der Waals surface area contributed by atoms with Gasteiger partial charge in [-0.1, -0.05) is 13.3 Å². The van der Waals surface area contributed by atoms with Crippen LogP contribution in [0.3, 0.4) is 0 Å². The highest BCUT2D eigenvalue weighted by Gasteiger charge is 2.24. The van der Waals surface area contributed by atoms with Crippen molar-refractivity contribution >= 4 is 23.8 Å². The minimum atomic E-state index is -0.861. The Bertz CT molecular complexity index is 304. The SMILES string of the molecule is CCCC(CC(=O)O)NC(=O)N1CCC(SC)CC1. The molecule has 0 spiro atoms. The minimum absolute atomic E-state index is 0.000850. The largest absolute Gasteiger partial charge is 0.481 e. The smallest absolute Gasteiger partial charge is 0.317 e. The maximum Gasteiger partial charge on any atom is 0.317 e. The van der Waals surface area contributed by atoms with Gasteiger partial charge in [-0.05, 0) is 25.5 Å². The molecule has 1 heterocycles. The Hall–Kier alpha value is -0.910. The average molecular weight is 288 g/mol. The maximum atomic E-state index is 12.1. The molecule has 0 saturated carbocycles. The Kier molecular flexibility index (Phi) is 7.05. The summed E-state index contributed by atoms with van der Waals surface area (Å²) in [6, 6.07) is -0.368. The van der Waals surface area contributed by atoms with Crippen LogP contribution in [0.4, 0.5) is 4.79 Å². The third-order valence-corrected chi connectivity index (χ3v) is 4.59. The summed E-state index contributed by atoms with van der Waals surface area (Å²) in [4.78, 5) is 24.6. The van der Waals surface area contributed by atoms with E-state index in [4.69, 9.17) is 5.11 Å². The number of nitrogens with one attached hydrogen (secondary N) is 1. The number of rotatable bonds is 6. The van der Waals surface area contributed by atoms with Gasteiger partial charge in [-0.15, -0.1) is 0 Å². The molecule has 0 aliphatic carbocycles. The van der Waals surface area contributed by atoms with E-state index in [1.165, 1.54) is 0 Å². The van der Waals surface area contributed by atoms with Gasteiger partial charge in [0.25, 0.3) is 0 Å². The van der Waals surface area contributed by atoms with Gasteiger partial charge in [0.15, 0.2) is 0 Å². The van der Waals surface area contributed by atoms with Gasteiger partial charge >= 0.3 is 12.0 Å². The highest BCUT2D eigenvalue weighted by Crippen LogP contribution is 2.21. The fraction of sp³-hybridized carbons (Fsp3) is 0.846. The zero-order chi connectivity index (χ0) is 14.3. The lowest BCUT2D eigenvalue weighted by Gasteiger charge is -2.32. The van der Waals surface area contributed by atoms with Crippen molar-refractivity contribution in [1.29, 1.82) is 0 Å². The Labute approximate surface area is 119 Å². The lowest BCUT2D eigenvalue weighted by atomic mass is 10.1. The van der Waals surface area contributed by atoms with Crippen molar-refractivity contribution in [3.8, 4) is 0 Å². The van der Waals surface area contributed by atoms with Crippen molar-refractivity contribution in [2.75, 3.05) is 19.3 Å². The van der Waals surface area contributed by atoms with Gasteiger partial charge in [0.2, 0.25) is 0 Å². The first-order valence-corrected chi connectivity index (χ1v) is 8.15. The van der Waals surface area contributed by atoms with E-state index in [0.717, 1.165) is 32.4 Å². The van der Waals surface area contributed by atoms with E-state index in [1.807, 2.05) is 18.7 Å². The molecular formula is C13H24N2O3S. The van der Waals surface area contributed by atoms with Crippen LogP contribution in [0.2, 0.25) is 0 Å². The quantitative estimate of drug-likeness (QED) is 0.786. The highest BCUT2D eigenvalue weighted by molar-refractivity contribution is 7.99. The number of carboxylic acids is 1. The number of hydrogen-bond acceptors (Lipinski definition) is 3. The number of likely N-dealkylation sites (tertiary alicyclic amines) is 1. The van der Waals surface area contributed by atoms with Crippen LogP contribution in [-0.2, 0) is 4.79 Å². The third kappa shape index (κ3) is 5.72. The second-order valence-electron chi connectivity index (χ2n) is 4.96. The first kappa shape index (κ1) is 16.1. The van der Waals surface area contributed by atoms with Crippen molar-refractivity contribution in [3.63, 3.8) is 0 Å². The van der Waals surface area contributed by atoms with Crippen LogP contribution in [0, 0.1) is 0 Å². The molecular weight excluding hydrogens is 264 g/mol. The van der Waals surface area contributed by atoms with Gasteiger partial charge in [0, 0.05) is 24.4 Å². The Morgan fingerprint density at radius 2 is 2.05 bits per heavy atom. The molecule has 1 aliphatic rings. The predicted octanol–water partition coefficient (Wildman–Crippen LogP) is 2.17. The normalized spacial score (nSPS) is 18.1. The molecule has 1 rings (SSSR count). The molecule has 5 nitrogen and oxygen atoms in total. The van der Waals surface area contributed by atoms with E-state index >= 15 is 0 Å². The van der Waals surface area contributed by atoms with Crippen molar-refractivity contribution < 1.29 is 14.7 Å². The molecule has 110 valence electrons. The zero-order valence-electron chi connectivity index (χ0n) is 11.7. The summed E-state index contributed by atoms with van der Waals surface area (Å²) in [6.45, 7) is 3.53. The van der Waals surface area contributed by atoms with Crippen LogP contribution < -0.4 is 5.32 Å².